The van der Waals surface area contributed by atoms with E-state index in [1.807, 2.05) is 4.57 Å². The number of rotatable bonds is 3. The highest BCUT2D eigenvalue weighted by Gasteiger charge is 2.37. The Hall–Kier alpha value is -1.70. The van der Waals surface area contributed by atoms with Crippen LogP contribution in [0.15, 0.2) is 6.33 Å². The first-order chi connectivity index (χ1) is 11.3. The van der Waals surface area contributed by atoms with Crippen LogP contribution in [-0.2, 0) is 11.2 Å². The molecule has 0 saturated heterocycles. The third-order valence-corrected chi connectivity index (χ3v) is 9.81. The average Bonchev–Trinajstić information content (AvgIpc) is 2.80. The molecule has 0 spiro atoms. The van der Waals surface area contributed by atoms with E-state index < -0.39 is 16.4 Å². The van der Waals surface area contributed by atoms with Gasteiger partial charge in [0.25, 0.3) is 0 Å². The molecule has 0 unspecified atom stereocenters. The van der Waals surface area contributed by atoms with Crippen molar-refractivity contribution in [2.24, 2.45) is 0 Å². The predicted molar refractivity (Wildman–Crippen MR) is 108 cm³/mol. The number of nitrogens with two attached hydrogens (primary N) is 1. The van der Waals surface area contributed by atoms with Gasteiger partial charge in [-0.05, 0) is 24.1 Å². The monoisotopic (exact) mass is 375 g/mol. The molecular weight excluding hydrogens is 346 g/mol. The van der Waals surface area contributed by atoms with E-state index in [1.54, 1.807) is 0 Å². The summed E-state index contributed by atoms with van der Waals surface area (Å²) >= 11 is 0. The Bertz CT molecular complexity index is 835. The molecule has 8 heteroatoms. The van der Waals surface area contributed by atoms with Gasteiger partial charge in [0.1, 0.15) is 21.1 Å². The summed E-state index contributed by atoms with van der Waals surface area (Å²) in [6.45, 7) is 18.1. The lowest BCUT2D eigenvalue weighted by Gasteiger charge is -2.36. The second-order valence-corrected chi connectivity index (χ2v) is 18.4. The molecule has 6 nitrogen and oxygen atoms in total. The summed E-state index contributed by atoms with van der Waals surface area (Å²) in [6.07, 6.45) is 1.46. The van der Waals surface area contributed by atoms with Crippen LogP contribution in [0.1, 0.15) is 26.6 Å². The summed E-state index contributed by atoms with van der Waals surface area (Å²) in [6, 6.07) is 0. The standard InChI is InChI=1S/C17H29N5OSi2/c1-17(2,3)25(7,8)23-12-22-13(9-10-24(4,5)6)21-14-15(18)19-11-20-16(14)22/h11H,12H2,1-8H3,(H2,18,19,20). The van der Waals surface area contributed by atoms with Gasteiger partial charge in [0, 0.05) is 0 Å². The lowest BCUT2D eigenvalue weighted by molar-refractivity contribution is 0.215. The van der Waals surface area contributed by atoms with Crippen LogP contribution >= 0.6 is 0 Å². The number of aromatic nitrogens is 4. The van der Waals surface area contributed by atoms with Crippen molar-refractivity contribution in [2.75, 3.05) is 5.73 Å². The summed E-state index contributed by atoms with van der Waals surface area (Å²) in [4.78, 5) is 13.0. The van der Waals surface area contributed by atoms with Crippen LogP contribution in [0, 0.1) is 11.5 Å². The van der Waals surface area contributed by atoms with Crippen LogP contribution in [0.4, 0.5) is 5.82 Å². The smallest absolute Gasteiger partial charge is 0.194 e. The molecule has 2 N–H and O–H groups in total. The first-order valence-corrected chi connectivity index (χ1v) is 14.9. The van der Waals surface area contributed by atoms with Crippen molar-refractivity contribution in [2.45, 2.75) is 65.3 Å². The zero-order chi connectivity index (χ0) is 19.0. The minimum atomic E-state index is -1.91. The lowest BCUT2D eigenvalue weighted by Crippen LogP contribution is -2.41. The number of fused-ring (bicyclic) bond motifs is 1. The zero-order valence-electron chi connectivity index (χ0n) is 16.6. The third-order valence-electron chi connectivity index (χ3n) is 4.47. The molecule has 0 amide bonds. The minimum absolute atomic E-state index is 0.127. The molecule has 2 heterocycles. The Kier molecular flexibility index (Phi) is 5.14. The Morgan fingerprint density at radius 2 is 1.80 bits per heavy atom. The highest BCUT2D eigenvalue weighted by molar-refractivity contribution is 6.83. The van der Waals surface area contributed by atoms with E-state index in [2.05, 4.69) is 79.9 Å². The van der Waals surface area contributed by atoms with Gasteiger partial charge in [0.15, 0.2) is 31.1 Å². The topological polar surface area (TPSA) is 78.9 Å². The fraction of sp³-hybridized carbons (Fsp3) is 0.588. The molecule has 2 aromatic rings. The van der Waals surface area contributed by atoms with Gasteiger partial charge in [-0.3, -0.25) is 4.57 Å². The van der Waals surface area contributed by atoms with Gasteiger partial charge in [0.2, 0.25) is 0 Å². The number of hydrogen-bond acceptors (Lipinski definition) is 5. The third kappa shape index (κ3) is 4.48. The van der Waals surface area contributed by atoms with Crippen molar-refractivity contribution < 1.29 is 4.43 Å². The highest BCUT2D eigenvalue weighted by atomic mass is 28.4. The maximum Gasteiger partial charge on any atom is 0.194 e. The van der Waals surface area contributed by atoms with Gasteiger partial charge >= 0.3 is 0 Å². The van der Waals surface area contributed by atoms with Crippen molar-refractivity contribution in [1.82, 2.24) is 19.5 Å². The van der Waals surface area contributed by atoms with Crippen LogP contribution in [-0.4, -0.2) is 35.9 Å². The number of hydrogen-bond donors (Lipinski definition) is 1. The second kappa shape index (κ2) is 6.55. The quantitative estimate of drug-likeness (QED) is 0.655. The van der Waals surface area contributed by atoms with E-state index in [0.717, 1.165) is 0 Å². The molecule has 0 aliphatic carbocycles. The van der Waals surface area contributed by atoms with Crippen molar-refractivity contribution in [3.63, 3.8) is 0 Å². The normalized spacial score (nSPS) is 13.0. The molecule has 0 atom stereocenters. The van der Waals surface area contributed by atoms with Gasteiger partial charge in [-0.2, -0.15) is 0 Å². The first-order valence-electron chi connectivity index (χ1n) is 8.46. The van der Waals surface area contributed by atoms with Crippen LogP contribution < -0.4 is 5.73 Å². The Morgan fingerprint density at radius 3 is 2.36 bits per heavy atom. The van der Waals surface area contributed by atoms with Crippen LogP contribution in [0.25, 0.3) is 11.2 Å². The lowest BCUT2D eigenvalue weighted by atomic mass is 10.2. The molecule has 0 radical (unpaired) electrons. The molecule has 0 fully saturated rings. The molecule has 0 saturated carbocycles. The fourth-order valence-corrected chi connectivity index (χ4v) is 3.23. The summed E-state index contributed by atoms with van der Waals surface area (Å²) in [5.41, 5.74) is 10.6. The van der Waals surface area contributed by atoms with E-state index in [-0.39, 0.29) is 5.04 Å². The SMILES string of the molecule is CC(C)(C)[Si](C)(C)OCn1c(C#C[Si](C)(C)C)nc2c(N)ncnc21. The predicted octanol–water partition coefficient (Wildman–Crippen LogP) is 3.62. The fourth-order valence-electron chi connectivity index (χ4n) is 1.86. The number of imidazole rings is 1. The zero-order valence-corrected chi connectivity index (χ0v) is 18.6. The van der Waals surface area contributed by atoms with Crippen molar-refractivity contribution >= 4 is 33.4 Å². The van der Waals surface area contributed by atoms with Gasteiger partial charge in [0.05, 0.1) is 0 Å². The first kappa shape index (κ1) is 19.6. The number of nitrogen functional groups attached to an aromatic ring is 1. The van der Waals surface area contributed by atoms with E-state index in [4.69, 9.17) is 10.2 Å². The van der Waals surface area contributed by atoms with Crippen LogP contribution in [0.3, 0.4) is 0 Å². The summed E-state index contributed by atoms with van der Waals surface area (Å²) in [7, 11) is -3.44. The molecule has 2 aromatic heterocycles. The summed E-state index contributed by atoms with van der Waals surface area (Å²) in [5, 5.41) is 0.127. The molecule has 25 heavy (non-hydrogen) atoms. The maximum absolute atomic E-state index is 6.36. The van der Waals surface area contributed by atoms with Gasteiger partial charge < -0.3 is 10.2 Å². The van der Waals surface area contributed by atoms with Crippen molar-refractivity contribution in [3.8, 4) is 11.5 Å². The van der Waals surface area contributed by atoms with E-state index >= 15 is 0 Å². The molecule has 0 aromatic carbocycles. The Balaban J connectivity index is 2.49. The summed E-state index contributed by atoms with van der Waals surface area (Å²) in [5.74, 6) is 4.23. The second-order valence-electron chi connectivity index (χ2n) is 8.83. The molecule has 0 aliphatic rings. The van der Waals surface area contributed by atoms with E-state index in [9.17, 15) is 0 Å². The molecule has 136 valence electrons. The van der Waals surface area contributed by atoms with Crippen molar-refractivity contribution in [3.05, 3.63) is 12.2 Å². The highest BCUT2D eigenvalue weighted by Crippen LogP contribution is 2.37. The van der Waals surface area contributed by atoms with Crippen LogP contribution in [0.5, 0.6) is 0 Å². The van der Waals surface area contributed by atoms with Gasteiger partial charge in [-0.25, -0.2) is 15.0 Å². The maximum atomic E-state index is 6.36. The molecule has 0 bridgehead atoms. The largest absolute Gasteiger partial charge is 0.399 e. The average molecular weight is 376 g/mol. The minimum Gasteiger partial charge on any atom is -0.399 e. The number of nitrogens with zero attached hydrogens (tertiary/aromatic N) is 4. The molecular formula is C17H29N5OSi2. The van der Waals surface area contributed by atoms with E-state index in [1.165, 1.54) is 6.33 Å². The van der Waals surface area contributed by atoms with Gasteiger partial charge in [-0.1, -0.05) is 40.4 Å². The van der Waals surface area contributed by atoms with E-state index in [0.29, 0.717) is 29.5 Å². The number of anilines is 1. The Labute approximate surface area is 152 Å². The molecule has 0 aliphatic heterocycles. The Morgan fingerprint density at radius 1 is 1.16 bits per heavy atom. The van der Waals surface area contributed by atoms with Crippen LogP contribution in [0.2, 0.25) is 37.8 Å². The summed E-state index contributed by atoms with van der Waals surface area (Å²) < 4.78 is 8.28. The van der Waals surface area contributed by atoms with Gasteiger partial charge in [-0.15, -0.1) is 5.54 Å². The van der Waals surface area contributed by atoms with Crippen molar-refractivity contribution in [1.29, 1.82) is 0 Å². The molecule has 2 rings (SSSR count).